The summed E-state index contributed by atoms with van der Waals surface area (Å²) in [5.74, 6) is 1.63. The normalized spacial score (nSPS) is 39.7. The molecule has 0 aromatic heterocycles. The molecule has 4 atom stereocenters. The van der Waals surface area contributed by atoms with Crippen LogP contribution in [0.2, 0.25) is 0 Å². The van der Waals surface area contributed by atoms with Gasteiger partial charge in [0.15, 0.2) is 0 Å². The number of hydrogen-bond donors (Lipinski definition) is 1. The van der Waals surface area contributed by atoms with Crippen molar-refractivity contribution < 1.29 is 9.59 Å². The van der Waals surface area contributed by atoms with Crippen LogP contribution in [0.4, 0.5) is 0 Å². The van der Waals surface area contributed by atoms with Crippen LogP contribution < -0.4 is 5.32 Å². The molecule has 0 spiro atoms. The zero-order valence-corrected chi connectivity index (χ0v) is 10.1. The molecule has 0 aromatic rings. The molecule has 1 aliphatic heterocycles. The fourth-order valence-electron chi connectivity index (χ4n) is 3.99. The summed E-state index contributed by atoms with van der Waals surface area (Å²) in [5, 5.41) is 3.22. The van der Waals surface area contributed by atoms with Gasteiger partial charge in [-0.15, -0.1) is 0 Å². The van der Waals surface area contributed by atoms with E-state index in [1.165, 1.54) is 29.9 Å². The topological polar surface area (TPSA) is 49.4 Å². The molecule has 1 heterocycles. The molecule has 2 saturated carbocycles. The van der Waals surface area contributed by atoms with Crippen LogP contribution in [0.15, 0.2) is 12.2 Å². The smallest absolute Gasteiger partial charge is 0.253 e. The molecule has 0 radical (unpaired) electrons. The van der Waals surface area contributed by atoms with Crippen molar-refractivity contribution in [2.24, 2.45) is 17.8 Å². The lowest BCUT2D eigenvalue weighted by molar-refractivity contribution is -0.141. The Kier molecular flexibility index (Phi) is 2.54. The number of rotatable bonds is 3. The SMILES string of the molecule is CNCC1CC2CC1C(N1C(=O)C=CC1=O)C2. The molecule has 92 valence electrons. The number of amides is 2. The monoisotopic (exact) mass is 234 g/mol. The van der Waals surface area contributed by atoms with E-state index in [1.807, 2.05) is 7.05 Å². The molecule has 2 amide bonds. The maximum absolute atomic E-state index is 11.7. The van der Waals surface area contributed by atoms with Gasteiger partial charge in [-0.25, -0.2) is 0 Å². The average molecular weight is 234 g/mol. The van der Waals surface area contributed by atoms with Crippen molar-refractivity contribution in [1.82, 2.24) is 10.2 Å². The third-order valence-corrected chi connectivity index (χ3v) is 4.56. The van der Waals surface area contributed by atoms with Gasteiger partial charge >= 0.3 is 0 Å². The van der Waals surface area contributed by atoms with Crippen LogP contribution in [-0.4, -0.2) is 36.3 Å². The molecule has 3 rings (SSSR count). The minimum atomic E-state index is -0.115. The second kappa shape index (κ2) is 3.95. The summed E-state index contributed by atoms with van der Waals surface area (Å²) in [4.78, 5) is 24.9. The third-order valence-electron chi connectivity index (χ3n) is 4.56. The highest BCUT2D eigenvalue weighted by molar-refractivity contribution is 6.13. The van der Waals surface area contributed by atoms with Gasteiger partial charge in [0.2, 0.25) is 0 Å². The van der Waals surface area contributed by atoms with E-state index >= 15 is 0 Å². The Morgan fingerprint density at radius 1 is 1.24 bits per heavy atom. The lowest BCUT2D eigenvalue weighted by atomic mass is 9.84. The van der Waals surface area contributed by atoms with Crippen LogP contribution >= 0.6 is 0 Å². The molecule has 3 aliphatic rings. The maximum Gasteiger partial charge on any atom is 0.253 e. The van der Waals surface area contributed by atoms with E-state index in [0.717, 1.165) is 13.0 Å². The summed E-state index contributed by atoms with van der Waals surface area (Å²) in [6.07, 6.45) is 6.27. The summed E-state index contributed by atoms with van der Waals surface area (Å²) in [6.45, 7) is 1.00. The van der Waals surface area contributed by atoms with E-state index in [2.05, 4.69) is 5.32 Å². The van der Waals surface area contributed by atoms with Crippen LogP contribution in [0.3, 0.4) is 0 Å². The van der Waals surface area contributed by atoms with Gasteiger partial charge < -0.3 is 5.32 Å². The highest BCUT2D eigenvalue weighted by Crippen LogP contribution is 2.50. The molecule has 17 heavy (non-hydrogen) atoms. The number of hydrogen-bond acceptors (Lipinski definition) is 3. The van der Waals surface area contributed by atoms with Gasteiger partial charge in [0, 0.05) is 18.2 Å². The average Bonchev–Trinajstić information content (AvgIpc) is 2.94. The minimum Gasteiger partial charge on any atom is -0.319 e. The van der Waals surface area contributed by atoms with Crippen molar-refractivity contribution in [2.75, 3.05) is 13.6 Å². The van der Waals surface area contributed by atoms with E-state index in [9.17, 15) is 9.59 Å². The van der Waals surface area contributed by atoms with Gasteiger partial charge in [0.1, 0.15) is 0 Å². The predicted molar refractivity (Wildman–Crippen MR) is 63.0 cm³/mol. The third kappa shape index (κ3) is 1.62. The zero-order chi connectivity index (χ0) is 12.0. The van der Waals surface area contributed by atoms with E-state index in [1.54, 1.807) is 0 Å². The largest absolute Gasteiger partial charge is 0.319 e. The molecule has 2 bridgehead atoms. The Bertz CT molecular complexity index is 373. The lowest BCUT2D eigenvalue weighted by Gasteiger charge is -2.34. The summed E-state index contributed by atoms with van der Waals surface area (Å²) in [6, 6.07) is 0.155. The molecule has 0 aromatic carbocycles. The number of carbonyl (C=O) groups excluding carboxylic acids is 2. The van der Waals surface area contributed by atoms with Gasteiger partial charge in [-0.1, -0.05) is 0 Å². The molecule has 2 fully saturated rings. The molecular formula is C13H18N2O2. The molecular weight excluding hydrogens is 216 g/mol. The second-order valence-electron chi connectivity index (χ2n) is 5.50. The summed E-state index contributed by atoms with van der Waals surface area (Å²) < 4.78 is 0. The fraction of sp³-hybridized carbons (Fsp3) is 0.692. The van der Waals surface area contributed by atoms with E-state index in [-0.39, 0.29) is 17.9 Å². The first-order valence-corrected chi connectivity index (χ1v) is 6.40. The predicted octanol–water partition coefficient (Wildman–Crippen LogP) is 0.545. The highest BCUT2D eigenvalue weighted by Gasteiger charge is 2.50. The van der Waals surface area contributed by atoms with Gasteiger partial charge in [-0.2, -0.15) is 0 Å². The molecule has 4 unspecified atom stereocenters. The van der Waals surface area contributed by atoms with Crippen molar-refractivity contribution in [1.29, 1.82) is 0 Å². The molecule has 4 heteroatoms. The maximum atomic E-state index is 11.7. The zero-order valence-electron chi connectivity index (χ0n) is 10.1. The summed E-state index contributed by atoms with van der Waals surface area (Å²) in [5.41, 5.74) is 0. The first-order valence-electron chi connectivity index (χ1n) is 6.40. The van der Waals surface area contributed by atoms with Gasteiger partial charge in [0.25, 0.3) is 11.8 Å². The van der Waals surface area contributed by atoms with Gasteiger partial charge in [-0.05, 0) is 50.6 Å². The van der Waals surface area contributed by atoms with Crippen molar-refractivity contribution in [2.45, 2.75) is 25.3 Å². The molecule has 2 aliphatic carbocycles. The number of imide groups is 1. The Morgan fingerprint density at radius 3 is 2.53 bits per heavy atom. The van der Waals surface area contributed by atoms with Crippen LogP contribution in [0, 0.1) is 17.8 Å². The number of nitrogens with one attached hydrogen (secondary N) is 1. The van der Waals surface area contributed by atoms with E-state index in [0.29, 0.717) is 17.8 Å². The quantitative estimate of drug-likeness (QED) is 0.725. The molecule has 4 nitrogen and oxygen atoms in total. The van der Waals surface area contributed by atoms with E-state index < -0.39 is 0 Å². The van der Waals surface area contributed by atoms with Crippen molar-refractivity contribution >= 4 is 11.8 Å². The van der Waals surface area contributed by atoms with Gasteiger partial charge in [-0.3, -0.25) is 14.5 Å². The fourth-order valence-corrected chi connectivity index (χ4v) is 3.99. The van der Waals surface area contributed by atoms with Crippen molar-refractivity contribution in [3.05, 3.63) is 12.2 Å². The number of fused-ring (bicyclic) bond motifs is 2. The lowest BCUT2D eigenvalue weighted by Crippen LogP contribution is -2.46. The number of nitrogens with zero attached hydrogens (tertiary/aromatic N) is 1. The standard InChI is InChI=1S/C13H18N2O2/c1-14-7-9-4-8-5-10(9)11(6-8)15-12(16)2-3-13(15)17/h2-3,8-11,14H,4-7H2,1H3. The highest BCUT2D eigenvalue weighted by atomic mass is 16.2. The van der Waals surface area contributed by atoms with Crippen LogP contribution in [-0.2, 0) is 9.59 Å². The van der Waals surface area contributed by atoms with Crippen LogP contribution in [0.5, 0.6) is 0 Å². The molecule has 1 N–H and O–H groups in total. The Morgan fingerprint density at radius 2 is 1.94 bits per heavy atom. The Labute approximate surface area is 101 Å². The first-order chi connectivity index (χ1) is 8.20. The first kappa shape index (κ1) is 11.0. The van der Waals surface area contributed by atoms with Crippen LogP contribution in [0.25, 0.3) is 0 Å². The van der Waals surface area contributed by atoms with Crippen molar-refractivity contribution in [3.8, 4) is 0 Å². The minimum absolute atomic E-state index is 0.115. The Hall–Kier alpha value is -1.16. The second-order valence-corrected chi connectivity index (χ2v) is 5.50. The van der Waals surface area contributed by atoms with Gasteiger partial charge in [0.05, 0.1) is 0 Å². The summed E-state index contributed by atoms with van der Waals surface area (Å²) >= 11 is 0. The van der Waals surface area contributed by atoms with E-state index in [4.69, 9.17) is 0 Å². The number of carbonyl (C=O) groups is 2. The Balaban J connectivity index is 1.77. The summed E-state index contributed by atoms with van der Waals surface area (Å²) in [7, 11) is 1.97. The van der Waals surface area contributed by atoms with Crippen molar-refractivity contribution in [3.63, 3.8) is 0 Å². The molecule has 0 saturated heterocycles. The van der Waals surface area contributed by atoms with Crippen LogP contribution in [0.1, 0.15) is 19.3 Å².